The van der Waals surface area contributed by atoms with Gasteiger partial charge in [-0.05, 0) is 60.9 Å². The van der Waals surface area contributed by atoms with Gasteiger partial charge in [-0.3, -0.25) is 9.59 Å². The molecule has 13 heteroatoms. The zero-order chi connectivity index (χ0) is 35.6. The summed E-state index contributed by atoms with van der Waals surface area (Å²) in [7, 11) is 0. The Morgan fingerprint density at radius 2 is 1.49 bits per heavy atom. The van der Waals surface area contributed by atoms with Crippen molar-refractivity contribution in [2.24, 2.45) is 0 Å². The van der Waals surface area contributed by atoms with Gasteiger partial charge in [0.05, 0.1) is 16.7 Å². The molecule has 0 unspecified atom stereocenters. The Kier molecular flexibility index (Phi) is 12.0. The topological polar surface area (TPSA) is 185 Å². The summed E-state index contributed by atoms with van der Waals surface area (Å²) in [6, 6.07) is 25.5. The fraction of sp³-hybridized carbons (Fsp3) is 0.222. The van der Waals surface area contributed by atoms with E-state index in [0.717, 1.165) is 54.2 Å². The summed E-state index contributed by atoms with van der Waals surface area (Å²) >= 11 is 0. The first-order chi connectivity index (χ1) is 23.3. The summed E-state index contributed by atoms with van der Waals surface area (Å²) in [6.07, 6.45) is -0.0908. The maximum absolute atomic E-state index is 13.4. The van der Waals surface area contributed by atoms with E-state index in [1.165, 1.54) is 0 Å². The van der Waals surface area contributed by atoms with Crippen LogP contribution in [0.2, 0.25) is 0 Å². The highest BCUT2D eigenvalue weighted by atomic mass is 19.4. The van der Waals surface area contributed by atoms with E-state index in [1.54, 1.807) is 30.3 Å². The van der Waals surface area contributed by atoms with Gasteiger partial charge in [-0.2, -0.15) is 13.2 Å². The molecule has 5 rings (SSSR count). The number of unbranched alkanes of at least 4 members (excludes halogenated alkanes) is 4. The maximum atomic E-state index is 13.4. The standard InChI is InChI=1S/C34H35N5O3.C2HF3O2/c35-22-15-17-26-30(20-22)42-31-21-23(36)16-18-27(31)33(26)24-10-5-6-11-25(24)34(41)38-19-9-3-1-2-4-14-32(40)39-29-13-8-7-12-28(29)37;3-2(4,5)1(6)7/h5-8,10-13,15-18,20-21,35H,1-4,9,14,19,36-37H2,(H,38,41)(H,39,40);(H,6,7). The number of benzene rings is 4. The predicted octanol–water partition coefficient (Wildman–Crippen LogP) is 7.19. The van der Waals surface area contributed by atoms with Crippen LogP contribution in [0.25, 0.3) is 33.4 Å². The number of alkyl halides is 3. The lowest BCUT2D eigenvalue weighted by Crippen LogP contribution is -2.25. The molecule has 0 fully saturated rings. The molecule has 1 aliphatic heterocycles. The third-order valence-corrected chi connectivity index (χ3v) is 7.53. The Balaban J connectivity index is 0.000000698. The number of hydrogen-bond donors (Lipinski definition) is 6. The van der Waals surface area contributed by atoms with Crippen molar-refractivity contribution in [3.8, 4) is 22.5 Å². The van der Waals surface area contributed by atoms with E-state index >= 15 is 0 Å². The molecule has 3 aromatic carbocycles. The number of carbonyl (C=O) groups excluding carboxylic acids is 2. The van der Waals surface area contributed by atoms with Crippen molar-refractivity contribution in [1.29, 1.82) is 5.41 Å². The molecule has 0 aromatic heterocycles. The fourth-order valence-electron chi connectivity index (χ4n) is 5.16. The van der Waals surface area contributed by atoms with Crippen molar-refractivity contribution in [2.45, 2.75) is 44.7 Å². The average molecular weight is 676 g/mol. The summed E-state index contributed by atoms with van der Waals surface area (Å²) in [5.41, 5.74) is 17.4. The van der Waals surface area contributed by atoms with Crippen molar-refractivity contribution in [3.05, 3.63) is 95.8 Å². The first-order valence-electron chi connectivity index (χ1n) is 15.5. The van der Waals surface area contributed by atoms with E-state index in [4.69, 9.17) is 31.2 Å². The maximum Gasteiger partial charge on any atom is 0.490 e. The number of carboxylic acids is 1. The van der Waals surface area contributed by atoms with Gasteiger partial charge in [0.2, 0.25) is 5.91 Å². The quantitative estimate of drug-likeness (QED) is 0.0486. The van der Waals surface area contributed by atoms with Crippen molar-refractivity contribution < 1.29 is 37.1 Å². The number of nitrogens with two attached hydrogens (primary N) is 2. The van der Waals surface area contributed by atoms with Crippen LogP contribution in [0.4, 0.5) is 30.2 Å². The van der Waals surface area contributed by atoms with Crippen molar-refractivity contribution in [3.63, 3.8) is 0 Å². The number of nitrogen functional groups attached to an aromatic ring is 2. The fourth-order valence-corrected chi connectivity index (χ4v) is 5.16. The second-order valence-electron chi connectivity index (χ2n) is 11.2. The number of halogens is 3. The molecule has 0 atom stereocenters. The third kappa shape index (κ3) is 9.83. The van der Waals surface area contributed by atoms with Crippen LogP contribution in [0.3, 0.4) is 0 Å². The number of carboxylic acid groups (broad SMARTS) is 1. The van der Waals surface area contributed by atoms with Gasteiger partial charge in [-0.1, -0.05) is 49.6 Å². The van der Waals surface area contributed by atoms with E-state index in [0.29, 0.717) is 52.3 Å². The Labute approximate surface area is 279 Å². The summed E-state index contributed by atoms with van der Waals surface area (Å²) in [6.45, 7) is 0.561. The summed E-state index contributed by atoms with van der Waals surface area (Å²) in [4.78, 5) is 34.4. The molecule has 0 saturated carbocycles. The number of hydrogen-bond acceptors (Lipinski definition) is 7. The van der Waals surface area contributed by atoms with E-state index in [9.17, 15) is 22.8 Å². The van der Waals surface area contributed by atoms with E-state index in [-0.39, 0.29) is 11.8 Å². The van der Waals surface area contributed by atoms with Gasteiger partial charge in [-0.15, -0.1) is 0 Å². The zero-order valence-electron chi connectivity index (χ0n) is 26.4. The number of rotatable bonds is 11. The Morgan fingerprint density at radius 1 is 0.816 bits per heavy atom. The second-order valence-corrected chi connectivity index (χ2v) is 11.2. The molecule has 0 spiro atoms. The molecule has 3 aromatic rings. The SMILES string of the molecule is N=c1ccc2c(-c3ccccc3C(=O)NCCCCCCCC(=O)Nc3ccccc3N)c3ccc(N)cc3oc-2c1.O=C(O)C(F)(F)F. The van der Waals surface area contributed by atoms with Crippen molar-refractivity contribution >= 4 is 45.8 Å². The van der Waals surface area contributed by atoms with Gasteiger partial charge in [0.25, 0.3) is 5.91 Å². The molecule has 2 amide bonds. The minimum absolute atomic E-state index is 0.0323. The molecule has 49 heavy (non-hydrogen) atoms. The highest BCUT2D eigenvalue weighted by Crippen LogP contribution is 2.41. The van der Waals surface area contributed by atoms with Crippen LogP contribution < -0.4 is 27.5 Å². The van der Waals surface area contributed by atoms with Crippen LogP contribution in [0.5, 0.6) is 0 Å². The first kappa shape index (κ1) is 36.0. The molecule has 2 aliphatic rings. The number of carbonyl (C=O) groups is 3. The number of aliphatic carboxylic acids is 1. The van der Waals surface area contributed by atoms with Crippen LogP contribution in [-0.4, -0.2) is 35.6 Å². The average Bonchev–Trinajstić information content (AvgIpc) is 3.05. The minimum atomic E-state index is -5.08. The molecule has 1 heterocycles. The van der Waals surface area contributed by atoms with Gasteiger partial charge < -0.3 is 37.0 Å². The summed E-state index contributed by atoms with van der Waals surface area (Å²) in [5, 5.41) is 22.3. The molecular formula is C36H36F3N5O5. The van der Waals surface area contributed by atoms with Gasteiger partial charge in [0.1, 0.15) is 11.3 Å². The zero-order valence-corrected chi connectivity index (χ0v) is 26.4. The number of para-hydroxylation sites is 2. The van der Waals surface area contributed by atoms with Crippen molar-refractivity contribution in [1.82, 2.24) is 5.32 Å². The molecular weight excluding hydrogens is 639 g/mol. The molecule has 10 nitrogen and oxygen atoms in total. The van der Waals surface area contributed by atoms with Crippen LogP contribution in [-0.2, 0) is 9.59 Å². The molecule has 0 bridgehead atoms. The van der Waals surface area contributed by atoms with Crippen LogP contribution in [0, 0.1) is 5.41 Å². The lowest BCUT2D eigenvalue weighted by molar-refractivity contribution is -0.192. The Morgan fingerprint density at radius 3 is 2.22 bits per heavy atom. The molecule has 8 N–H and O–H groups in total. The Bertz CT molecular complexity index is 1980. The third-order valence-electron chi connectivity index (χ3n) is 7.53. The number of nitrogens with one attached hydrogen (secondary N) is 3. The number of fused-ring (bicyclic) bond motifs is 2. The molecule has 1 aliphatic carbocycles. The van der Waals surface area contributed by atoms with Gasteiger partial charge in [0, 0.05) is 52.9 Å². The monoisotopic (exact) mass is 675 g/mol. The summed E-state index contributed by atoms with van der Waals surface area (Å²) < 4.78 is 37.8. The van der Waals surface area contributed by atoms with Crippen LogP contribution in [0.1, 0.15) is 48.9 Å². The van der Waals surface area contributed by atoms with E-state index < -0.39 is 12.1 Å². The first-order valence-corrected chi connectivity index (χ1v) is 15.5. The largest absolute Gasteiger partial charge is 0.490 e. The minimum Gasteiger partial charge on any atom is -0.475 e. The lowest BCUT2D eigenvalue weighted by atomic mass is 9.90. The normalized spacial score (nSPS) is 11.1. The van der Waals surface area contributed by atoms with Gasteiger partial charge >= 0.3 is 12.1 Å². The van der Waals surface area contributed by atoms with Crippen LogP contribution >= 0.6 is 0 Å². The molecule has 0 saturated heterocycles. The van der Waals surface area contributed by atoms with Gasteiger partial charge in [-0.25, -0.2) is 4.79 Å². The number of amides is 2. The smallest absolute Gasteiger partial charge is 0.475 e. The van der Waals surface area contributed by atoms with Crippen molar-refractivity contribution in [2.75, 3.05) is 23.3 Å². The highest BCUT2D eigenvalue weighted by Gasteiger charge is 2.38. The van der Waals surface area contributed by atoms with E-state index in [2.05, 4.69) is 10.6 Å². The molecule has 0 radical (unpaired) electrons. The predicted molar refractivity (Wildman–Crippen MR) is 182 cm³/mol. The number of anilines is 3. The lowest BCUT2D eigenvalue weighted by Gasteiger charge is -2.18. The van der Waals surface area contributed by atoms with Gasteiger partial charge in [0.15, 0.2) is 0 Å². The summed E-state index contributed by atoms with van der Waals surface area (Å²) in [5.74, 6) is -2.37. The van der Waals surface area contributed by atoms with Crippen LogP contribution in [0.15, 0.2) is 89.3 Å². The Hall–Kier alpha value is -5.85. The molecule has 256 valence electrons. The second kappa shape index (κ2) is 16.3. The van der Waals surface area contributed by atoms with E-state index in [1.807, 2.05) is 54.6 Å². The highest BCUT2D eigenvalue weighted by molar-refractivity contribution is 6.09.